The van der Waals surface area contributed by atoms with E-state index in [4.69, 9.17) is 9.15 Å². The highest BCUT2D eigenvalue weighted by Gasteiger charge is 2.33. The molecule has 0 unspecified atom stereocenters. The standard InChI is InChI=1S/C27H25FN6O4S/c1-33-24(15-29-26(36)23-4-3-13-38-23)30-31-27(33)39-16-25(35)34-22(18-5-9-19(28)10-6-18)14-21(32-34)17-7-11-20(37-2)12-8-17/h3-13,22H,14-16H2,1-2H3,(H,29,36)/t22-/m0/s1. The molecule has 1 aliphatic rings. The summed E-state index contributed by atoms with van der Waals surface area (Å²) in [4.78, 5) is 25.5. The van der Waals surface area contributed by atoms with Crippen molar-refractivity contribution in [3.05, 3.63) is 95.5 Å². The normalized spacial score (nSPS) is 14.8. The predicted molar refractivity (Wildman–Crippen MR) is 142 cm³/mol. The number of amides is 2. The van der Waals surface area contributed by atoms with E-state index < -0.39 is 0 Å². The summed E-state index contributed by atoms with van der Waals surface area (Å²) in [5.41, 5.74) is 2.41. The quantitative estimate of drug-likeness (QED) is 0.315. The molecule has 0 aliphatic carbocycles. The van der Waals surface area contributed by atoms with Crippen molar-refractivity contribution in [1.82, 2.24) is 25.1 Å². The van der Waals surface area contributed by atoms with Gasteiger partial charge in [0.15, 0.2) is 16.7 Å². The lowest BCUT2D eigenvalue weighted by atomic mass is 9.98. The molecule has 12 heteroatoms. The highest BCUT2D eigenvalue weighted by atomic mass is 32.2. The predicted octanol–water partition coefficient (Wildman–Crippen LogP) is 3.96. The summed E-state index contributed by atoms with van der Waals surface area (Å²) in [7, 11) is 3.36. The van der Waals surface area contributed by atoms with Crippen molar-refractivity contribution in [3.8, 4) is 5.75 Å². The molecule has 4 aromatic rings. The Balaban J connectivity index is 1.28. The Hall–Kier alpha value is -4.45. The van der Waals surface area contributed by atoms with E-state index in [1.807, 2.05) is 24.3 Å². The summed E-state index contributed by atoms with van der Waals surface area (Å²) in [6.07, 6.45) is 1.91. The van der Waals surface area contributed by atoms with E-state index in [9.17, 15) is 14.0 Å². The number of benzene rings is 2. The summed E-state index contributed by atoms with van der Waals surface area (Å²) in [6, 6.07) is 16.4. The van der Waals surface area contributed by atoms with E-state index in [-0.39, 0.29) is 41.7 Å². The zero-order chi connectivity index (χ0) is 27.4. The Morgan fingerprint density at radius 1 is 1.13 bits per heavy atom. The van der Waals surface area contributed by atoms with Gasteiger partial charge in [0, 0.05) is 13.5 Å². The van der Waals surface area contributed by atoms with E-state index in [0.717, 1.165) is 22.6 Å². The van der Waals surface area contributed by atoms with Crippen molar-refractivity contribution in [3.63, 3.8) is 0 Å². The Morgan fingerprint density at radius 3 is 2.59 bits per heavy atom. The number of halogens is 1. The zero-order valence-corrected chi connectivity index (χ0v) is 22.0. The van der Waals surface area contributed by atoms with Crippen molar-refractivity contribution in [2.45, 2.75) is 24.2 Å². The smallest absolute Gasteiger partial charge is 0.287 e. The van der Waals surface area contributed by atoms with Gasteiger partial charge in [-0.05, 0) is 59.7 Å². The molecule has 0 saturated carbocycles. The monoisotopic (exact) mass is 548 g/mol. The molecular weight excluding hydrogens is 523 g/mol. The van der Waals surface area contributed by atoms with E-state index in [0.29, 0.717) is 17.4 Å². The second kappa shape index (κ2) is 11.5. The van der Waals surface area contributed by atoms with Gasteiger partial charge in [-0.1, -0.05) is 23.9 Å². The van der Waals surface area contributed by atoms with Crippen molar-refractivity contribution < 1.29 is 23.1 Å². The van der Waals surface area contributed by atoms with Crippen LogP contribution in [0.25, 0.3) is 0 Å². The number of nitrogens with zero attached hydrogens (tertiary/aromatic N) is 5. The molecule has 10 nitrogen and oxygen atoms in total. The topological polar surface area (TPSA) is 115 Å². The minimum Gasteiger partial charge on any atom is -0.497 e. The highest BCUT2D eigenvalue weighted by Crippen LogP contribution is 2.34. The van der Waals surface area contributed by atoms with Crippen LogP contribution in [0.15, 0.2) is 81.6 Å². The van der Waals surface area contributed by atoms with Crippen molar-refractivity contribution in [1.29, 1.82) is 0 Å². The molecule has 1 N–H and O–H groups in total. The maximum Gasteiger partial charge on any atom is 0.287 e. The molecule has 2 amide bonds. The number of rotatable bonds is 9. The molecule has 0 bridgehead atoms. The number of methoxy groups -OCH3 is 1. The average Bonchev–Trinajstić information content (AvgIpc) is 3.72. The Morgan fingerprint density at radius 2 is 1.90 bits per heavy atom. The van der Waals surface area contributed by atoms with Gasteiger partial charge in [-0.2, -0.15) is 5.10 Å². The number of thioether (sulfide) groups is 1. The molecule has 0 spiro atoms. The van der Waals surface area contributed by atoms with Gasteiger partial charge in [-0.25, -0.2) is 9.40 Å². The molecule has 0 radical (unpaired) electrons. The summed E-state index contributed by atoms with van der Waals surface area (Å²) in [5.74, 6) is 0.567. The van der Waals surface area contributed by atoms with Crippen LogP contribution in [0, 0.1) is 5.82 Å². The van der Waals surface area contributed by atoms with E-state index >= 15 is 0 Å². The molecule has 1 aliphatic heterocycles. The maximum atomic E-state index is 13.6. The second-order valence-corrected chi connectivity index (χ2v) is 9.63. The third-order valence-electron chi connectivity index (χ3n) is 6.25. The minimum absolute atomic E-state index is 0.0574. The Bertz CT molecular complexity index is 1490. The van der Waals surface area contributed by atoms with Crippen molar-refractivity contribution in [2.24, 2.45) is 12.1 Å². The fraction of sp³-hybridized carbons (Fsp3) is 0.222. The van der Waals surface area contributed by atoms with Crippen LogP contribution in [0.2, 0.25) is 0 Å². The van der Waals surface area contributed by atoms with Gasteiger partial charge in [0.05, 0.1) is 37.4 Å². The van der Waals surface area contributed by atoms with E-state index in [1.54, 1.807) is 43.0 Å². The Kier molecular flexibility index (Phi) is 7.73. The third kappa shape index (κ3) is 5.85. The fourth-order valence-electron chi connectivity index (χ4n) is 4.11. The largest absolute Gasteiger partial charge is 0.497 e. The molecule has 3 heterocycles. The first-order valence-electron chi connectivity index (χ1n) is 12.0. The summed E-state index contributed by atoms with van der Waals surface area (Å²) in [6.45, 7) is 0.145. The lowest BCUT2D eigenvalue weighted by Crippen LogP contribution is -2.28. The number of carbonyl (C=O) groups excluding carboxylic acids is 2. The third-order valence-corrected chi connectivity index (χ3v) is 7.25. The number of furan rings is 1. The number of hydrazone groups is 1. The lowest BCUT2D eigenvalue weighted by molar-refractivity contribution is -0.130. The summed E-state index contributed by atoms with van der Waals surface area (Å²) >= 11 is 1.22. The van der Waals surface area contributed by atoms with Crippen LogP contribution in [0.4, 0.5) is 4.39 Å². The molecule has 0 fully saturated rings. The van der Waals surface area contributed by atoms with Gasteiger partial charge < -0.3 is 19.0 Å². The lowest BCUT2D eigenvalue weighted by Gasteiger charge is -2.22. The summed E-state index contributed by atoms with van der Waals surface area (Å²) < 4.78 is 25.6. The molecular formula is C27H25FN6O4S. The number of ether oxygens (including phenoxy) is 1. The number of nitrogens with one attached hydrogen (secondary N) is 1. The van der Waals surface area contributed by atoms with Gasteiger partial charge in [0.25, 0.3) is 11.8 Å². The number of hydrogen-bond donors (Lipinski definition) is 1. The SMILES string of the molecule is COc1ccc(C2=NN(C(=O)CSc3nnc(CNC(=O)c4ccco4)n3C)[C@H](c3ccc(F)cc3)C2)cc1. The first-order valence-corrected chi connectivity index (χ1v) is 13.0. The van der Waals surface area contributed by atoms with Gasteiger partial charge >= 0.3 is 0 Å². The minimum atomic E-state index is -0.373. The van der Waals surface area contributed by atoms with Crippen LogP contribution in [0.3, 0.4) is 0 Å². The first-order chi connectivity index (χ1) is 18.9. The van der Waals surface area contributed by atoms with Crippen LogP contribution in [-0.4, -0.2) is 50.2 Å². The van der Waals surface area contributed by atoms with Crippen molar-refractivity contribution in [2.75, 3.05) is 12.9 Å². The summed E-state index contributed by atoms with van der Waals surface area (Å²) in [5, 5.41) is 17.7. The Labute approximate surface area is 227 Å². The van der Waals surface area contributed by atoms with Crippen LogP contribution in [0.1, 0.15) is 40.0 Å². The van der Waals surface area contributed by atoms with Gasteiger partial charge in [0.1, 0.15) is 11.6 Å². The molecule has 0 saturated heterocycles. The number of hydrogen-bond acceptors (Lipinski definition) is 8. The van der Waals surface area contributed by atoms with E-state index in [2.05, 4.69) is 20.6 Å². The van der Waals surface area contributed by atoms with Crippen molar-refractivity contribution >= 4 is 29.3 Å². The second-order valence-electron chi connectivity index (χ2n) is 8.69. The molecule has 5 rings (SSSR count). The van der Waals surface area contributed by atoms with Crippen LogP contribution in [0.5, 0.6) is 5.75 Å². The number of aromatic nitrogens is 3. The fourth-order valence-corrected chi connectivity index (χ4v) is 4.90. The zero-order valence-electron chi connectivity index (χ0n) is 21.2. The molecule has 2 aromatic heterocycles. The van der Waals surface area contributed by atoms with Crippen LogP contribution < -0.4 is 10.1 Å². The first kappa shape index (κ1) is 26.2. The maximum absolute atomic E-state index is 13.6. The van der Waals surface area contributed by atoms with Crippen LogP contribution >= 0.6 is 11.8 Å². The van der Waals surface area contributed by atoms with E-state index in [1.165, 1.54) is 35.2 Å². The number of carbonyl (C=O) groups is 2. The van der Waals surface area contributed by atoms with Gasteiger partial charge in [-0.15, -0.1) is 10.2 Å². The van der Waals surface area contributed by atoms with Gasteiger partial charge in [0.2, 0.25) is 0 Å². The molecule has 39 heavy (non-hydrogen) atoms. The average molecular weight is 549 g/mol. The molecule has 1 atom stereocenters. The highest BCUT2D eigenvalue weighted by molar-refractivity contribution is 7.99. The molecule has 200 valence electrons. The van der Waals surface area contributed by atoms with Gasteiger partial charge in [-0.3, -0.25) is 9.59 Å². The molecule has 2 aromatic carbocycles. The van der Waals surface area contributed by atoms with Crippen LogP contribution in [-0.2, 0) is 18.4 Å².